The third-order valence-electron chi connectivity index (χ3n) is 3.85. The van der Waals surface area contributed by atoms with Crippen molar-refractivity contribution in [3.63, 3.8) is 0 Å². The lowest BCUT2D eigenvalue weighted by Gasteiger charge is -2.12. The first kappa shape index (κ1) is 17.4. The zero-order valence-electron chi connectivity index (χ0n) is 14.0. The van der Waals surface area contributed by atoms with Crippen LogP contribution in [0, 0.1) is 6.92 Å². The van der Waals surface area contributed by atoms with Crippen LogP contribution in [0.1, 0.15) is 29.4 Å². The molecule has 0 unspecified atom stereocenters. The van der Waals surface area contributed by atoms with E-state index in [1.807, 2.05) is 30.5 Å². The molecule has 0 aliphatic carbocycles. The third kappa shape index (κ3) is 3.64. The monoisotopic (exact) mass is 399 g/mol. The summed E-state index contributed by atoms with van der Waals surface area (Å²) in [7, 11) is 0. The first-order valence-corrected chi connectivity index (χ1v) is 8.86. The van der Waals surface area contributed by atoms with Gasteiger partial charge in [-0.15, -0.1) is 0 Å². The van der Waals surface area contributed by atoms with Gasteiger partial charge < -0.3 is 9.88 Å². The highest BCUT2D eigenvalue weighted by molar-refractivity contribution is 9.10. The Morgan fingerprint density at radius 1 is 1.28 bits per heavy atom. The van der Waals surface area contributed by atoms with Gasteiger partial charge in [0.05, 0.1) is 5.39 Å². The van der Waals surface area contributed by atoms with Gasteiger partial charge >= 0.3 is 0 Å². The number of amides is 1. The summed E-state index contributed by atoms with van der Waals surface area (Å²) < 4.78 is 2.73. The number of nitrogens with zero attached hydrogens (tertiary/aromatic N) is 2. The van der Waals surface area contributed by atoms with E-state index in [1.54, 1.807) is 30.5 Å². The fourth-order valence-corrected chi connectivity index (χ4v) is 3.10. The van der Waals surface area contributed by atoms with Crippen molar-refractivity contribution >= 4 is 38.6 Å². The summed E-state index contributed by atoms with van der Waals surface area (Å²) in [4.78, 5) is 29.9. The Hall–Kier alpha value is -2.47. The van der Waals surface area contributed by atoms with Crippen LogP contribution in [0.3, 0.4) is 0 Å². The SMILES string of the molecule is CCCn1cc(C(=O)Nc2cccc(Br)c2)c(=O)c2ccc(C)nc21. The maximum absolute atomic E-state index is 12.8. The average molecular weight is 400 g/mol. The number of anilines is 1. The quantitative estimate of drug-likeness (QED) is 0.716. The lowest BCUT2D eigenvalue weighted by Crippen LogP contribution is -2.24. The van der Waals surface area contributed by atoms with Gasteiger partial charge in [-0.3, -0.25) is 9.59 Å². The van der Waals surface area contributed by atoms with Crippen molar-refractivity contribution in [3.05, 3.63) is 68.5 Å². The molecule has 0 saturated carbocycles. The van der Waals surface area contributed by atoms with Gasteiger partial charge in [0.15, 0.2) is 0 Å². The smallest absolute Gasteiger partial charge is 0.261 e. The van der Waals surface area contributed by atoms with E-state index in [9.17, 15) is 9.59 Å². The molecule has 0 aliphatic heterocycles. The maximum atomic E-state index is 12.8. The fourth-order valence-electron chi connectivity index (χ4n) is 2.70. The number of carbonyl (C=O) groups excluding carboxylic acids is 1. The lowest BCUT2D eigenvalue weighted by molar-refractivity contribution is 0.102. The number of halogens is 1. The molecule has 0 atom stereocenters. The third-order valence-corrected chi connectivity index (χ3v) is 4.35. The van der Waals surface area contributed by atoms with Crippen molar-refractivity contribution in [2.24, 2.45) is 0 Å². The van der Waals surface area contributed by atoms with Crippen LogP contribution in [-0.4, -0.2) is 15.5 Å². The van der Waals surface area contributed by atoms with E-state index in [0.717, 1.165) is 16.6 Å². The molecule has 128 valence electrons. The summed E-state index contributed by atoms with van der Waals surface area (Å²) in [5.74, 6) is -0.421. The highest BCUT2D eigenvalue weighted by Crippen LogP contribution is 2.17. The van der Waals surface area contributed by atoms with Crippen molar-refractivity contribution in [2.45, 2.75) is 26.8 Å². The van der Waals surface area contributed by atoms with Crippen molar-refractivity contribution < 1.29 is 4.79 Å². The average Bonchev–Trinajstić information content (AvgIpc) is 2.57. The molecule has 0 spiro atoms. The summed E-state index contributed by atoms with van der Waals surface area (Å²) in [6, 6.07) is 10.8. The molecule has 0 bridgehead atoms. The first-order chi connectivity index (χ1) is 12.0. The Morgan fingerprint density at radius 3 is 2.80 bits per heavy atom. The van der Waals surface area contributed by atoms with Crippen LogP contribution >= 0.6 is 15.9 Å². The molecule has 1 N–H and O–H groups in total. The summed E-state index contributed by atoms with van der Waals surface area (Å²) in [6.45, 7) is 4.61. The Bertz CT molecular complexity index is 1010. The topological polar surface area (TPSA) is 64.0 Å². The van der Waals surface area contributed by atoms with Crippen LogP contribution in [0.2, 0.25) is 0 Å². The zero-order valence-corrected chi connectivity index (χ0v) is 15.6. The van der Waals surface area contributed by atoms with Gasteiger partial charge in [0.2, 0.25) is 5.43 Å². The van der Waals surface area contributed by atoms with Gasteiger partial charge in [-0.1, -0.05) is 28.9 Å². The minimum absolute atomic E-state index is 0.117. The Labute approximate surface area is 153 Å². The van der Waals surface area contributed by atoms with E-state index in [0.29, 0.717) is 23.3 Å². The summed E-state index contributed by atoms with van der Waals surface area (Å²) >= 11 is 3.37. The van der Waals surface area contributed by atoms with Gasteiger partial charge in [-0.05, 0) is 43.7 Å². The molecule has 2 aromatic heterocycles. The molecule has 6 heteroatoms. The molecule has 0 fully saturated rings. The second kappa shape index (κ2) is 7.19. The normalized spacial score (nSPS) is 10.8. The molecular formula is C19H18BrN3O2. The van der Waals surface area contributed by atoms with E-state index < -0.39 is 5.91 Å². The highest BCUT2D eigenvalue weighted by atomic mass is 79.9. The minimum Gasteiger partial charge on any atom is -0.331 e. The number of fused-ring (bicyclic) bond motifs is 1. The summed E-state index contributed by atoms with van der Waals surface area (Å²) in [5.41, 5.74) is 1.89. The Morgan fingerprint density at radius 2 is 2.08 bits per heavy atom. The van der Waals surface area contributed by atoms with Gasteiger partial charge in [-0.25, -0.2) is 4.98 Å². The van der Waals surface area contributed by atoms with E-state index in [1.165, 1.54) is 0 Å². The summed E-state index contributed by atoms with van der Waals surface area (Å²) in [6.07, 6.45) is 2.48. The second-order valence-corrected chi connectivity index (χ2v) is 6.77. The second-order valence-electron chi connectivity index (χ2n) is 5.85. The number of rotatable bonds is 4. The number of pyridine rings is 2. The molecule has 0 saturated heterocycles. The van der Waals surface area contributed by atoms with E-state index in [4.69, 9.17) is 0 Å². The number of hydrogen-bond acceptors (Lipinski definition) is 3. The number of carbonyl (C=O) groups is 1. The van der Waals surface area contributed by atoms with E-state index in [2.05, 4.69) is 26.2 Å². The summed E-state index contributed by atoms with van der Waals surface area (Å²) in [5, 5.41) is 3.24. The van der Waals surface area contributed by atoms with Crippen LogP contribution in [0.5, 0.6) is 0 Å². The van der Waals surface area contributed by atoms with Crippen LogP contribution in [0.4, 0.5) is 5.69 Å². The van der Waals surface area contributed by atoms with Crippen LogP contribution in [0.25, 0.3) is 11.0 Å². The van der Waals surface area contributed by atoms with Gasteiger partial charge in [-0.2, -0.15) is 0 Å². The van der Waals surface area contributed by atoms with Crippen molar-refractivity contribution in [3.8, 4) is 0 Å². The van der Waals surface area contributed by atoms with Crippen LogP contribution in [-0.2, 0) is 6.54 Å². The molecule has 0 aliphatic rings. The largest absolute Gasteiger partial charge is 0.331 e. The van der Waals surface area contributed by atoms with E-state index in [-0.39, 0.29) is 11.0 Å². The number of aromatic nitrogens is 2. The zero-order chi connectivity index (χ0) is 18.0. The molecular weight excluding hydrogens is 382 g/mol. The van der Waals surface area contributed by atoms with Gasteiger partial charge in [0, 0.05) is 28.6 Å². The minimum atomic E-state index is -0.421. The fraction of sp³-hybridized carbons (Fsp3) is 0.211. The Balaban J connectivity index is 2.09. The van der Waals surface area contributed by atoms with Gasteiger partial charge in [0.1, 0.15) is 11.2 Å². The van der Waals surface area contributed by atoms with E-state index >= 15 is 0 Å². The predicted molar refractivity (Wildman–Crippen MR) is 103 cm³/mol. The van der Waals surface area contributed by atoms with Crippen molar-refractivity contribution in [1.82, 2.24) is 9.55 Å². The van der Waals surface area contributed by atoms with Crippen molar-refractivity contribution in [2.75, 3.05) is 5.32 Å². The molecule has 1 amide bonds. The number of nitrogens with one attached hydrogen (secondary N) is 1. The molecule has 3 aromatic rings. The molecule has 1 aromatic carbocycles. The number of benzene rings is 1. The molecule has 0 radical (unpaired) electrons. The standard InChI is InChI=1S/C19H18BrN3O2/c1-3-9-23-11-16(17(24)15-8-7-12(2)21-18(15)23)19(25)22-14-6-4-5-13(20)10-14/h4-8,10-11H,3,9H2,1-2H3,(H,22,25). The van der Waals surface area contributed by atoms with Gasteiger partial charge in [0.25, 0.3) is 5.91 Å². The van der Waals surface area contributed by atoms with Crippen molar-refractivity contribution in [1.29, 1.82) is 0 Å². The number of aryl methyl sites for hydroxylation is 2. The maximum Gasteiger partial charge on any atom is 0.261 e. The molecule has 25 heavy (non-hydrogen) atoms. The molecule has 5 nitrogen and oxygen atoms in total. The predicted octanol–water partition coefficient (Wildman–Crippen LogP) is 4.13. The lowest BCUT2D eigenvalue weighted by atomic mass is 10.1. The molecule has 2 heterocycles. The van der Waals surface area contributed by atoms with Crippen LogP contribution in [0.15, 0.2) is 51.9 Å². The highest BCUT2D eigenvalue weighted by Gasteiger charge is 2.16. The van der Waals surface area contributed by atoms with Crippen LogP contribution < -0.4 is 10.7 Å². The number of hydrogen-bond donors (Lipinski definition) is 1. The first-order valence-electron chi connectivity index (χ1n) is 8.07. The molecule has 3 rings (SSSR count). The Kier molecular flexibility index (Phi) is 4.99.